The Balaban J connectivity index is 1.58. The maximum atomic E-state index is 13.1. The Labute approximate surface area is 225 Å². The van der Waals surface area contributed by atoms with Crippen LogP contribution in [0, 0.1) is 0 Å². The fourth-order valence-corrected chi connectivity index (χ4v) is 4.89. The number of nitrogens with zero attached hydrogens (tertiary/aromatic N) is 2. The van der Waals surface area contributed by atoms with Crippen LogP contribution in [0.15, 0.2) is 77.7 Å². The molecule has 1 saturated heterocycles. The maximum absolute atomic E-state index is 13.1. The molecule has 4 rings (SSSR count). The topological polar surface area (TPSA) is 66.9 Å². The fraction of sp³-hybridized carbons (Fsp3) is 0.207. The van der Waals surface area contributed by atoms with E-state index in [1.807, 2.05) is 48.5 Å². The molecule has 0 saturated carbocycles. The van der Waals surface area contributed by atoms with Crippen LogP contribution in [-0.4, -0.2) is 41.5 Å². The first-order valence-electron chi connectivity index (χ1n) is 12.0. The van der Waals surface area contributed by atoms with Crippen LogP contribution >= 0.6 is 23.4 Å². The van der Waals surface area contributed by atoms with Gasteiger partial charge in [-0.15, -0.1) is 0 Å². The van der Waals surface area contributed by atoms with Crippen LogP contribution in [0.2, 0.25) is 5.02 Å². The lowest BCUT2D eigenvalue weighted by Crippen LogP contribution is -2.33. The van der Waals surface area contributed by atoms with Crippen LogP contribution in [0.4, 0.5) is 10.5 Å². The lowest BCUT2D eigenvalue weighted by Gasteiger charge is -2.22. The second-order valence-electron chi connectivity index (χ2n) is 8.37. The number of hydrogen-bond acceptors (Lipinski definition) is 6. The molecule has 37 heavy (non-hydrogen) atoms. The second kappa shape index (κ2) is 12.1. The summed E-state index contributed by atoms with van der Waals surface area (Å²) >= 11 is 6.71. The summed E-state index contributed by atoms with van der Waals surface area (Å²) in [5.74, 6) is -0.230. The van der Waals surface area contributed by atoms with Gasteiger partial charge in [-0.25, -0.2) is 0 Å². The third kappa shape index (κ3) is 6.42. The molecule has 8 heteroatoms. The van der Waals surface area contributed by atoms with Crippen LogP contribution in [0.25, 0.3) is 6.08 Å². The zero-order chi connectivity index (χ0) is 26.4. The van der Waals surface area contributed by atoms with Crippen molar-refractivity contribution < 1.29 is 19.1 Å². The molecule has 190 valence electrons. The van der Waals surface area contributed by atoms with Crippen molar-refractivity contribution in [1.29, 1.82) is 0 Å². The van der Waals surface area contributed by atoms with Crippen molar-refractivity contribution in [2.45, 2.75) is 20.5 Å². The second-order valence-corrected chi connectivity index (χ2v) is 9.80. The average molecular weight is 535 g/mol. The molecule has 3 aromatic rings. The van der Waals surface area contributed by atoms with Crippen molar-refractivity contribution in [3.63, 3.8) is 0 Å². The summed E-state index contributed by atoms with van der Waals surface area (Å²) in [5.41, 5.74) is 3.09. The summed E-state index contributed by atoms with van der Waals surface area (Å²) in [5, 5.41) is 0.0213. The fourth-order valence-electron chi connectivity index (χ4n) is 3.94. The van der Waals surface area contributed by atoms with E-state index in [1.54, 1.807) is 30.3 Å². The van der Waals surface area contributed by atoms with Crippen molar-refractivity contribution >= 4 is 52.1 Å². The van der Waals surface area contributed by atoms with Gasteiger partial charge in [0, 0.05) is 41.0 Å². The normalized spacial score (nSPS) is 14.4. The van der Waals surface area contributed by atoms with Gasteiger partial charge < -0.3 is 9.64 Å². The van der Waals surface area contributed by atoms with E-state index >= 15 is 0 Å². The highest BCUT2D eigenvalue weighted by Gasteiger charge is 2.36. The van der Waals surface area contributed by atoms with E-state index < -0.39 is 11.1 Å². The van der Waals surface area contributed by atoms with E-state index in [4.69, 9.17) is 16.3 Å². The van der Waals surface area contributed by atoms with Crippen molar-refractivity contribution in [3.05, 3.63) is 99.4 Å². The SMILES string of the molecule is CCN(CC)c1ccc(/C=C2/SC(=O)N(CC(=O)c3ccc(Cl)cc3)C2=O)c(OCc2ccccc2)c1. The van der Waals surface area contributed by atoms with Crippen molar-refractivity contribution in [3.8, 4) is 5.75 Å². The molecule has 2 amide bonds. The molecule has 1 aliphatic rings. The van der Waals surface area contributed by atoms with Gasteiger partial charge in [0.1, 0.15) is 12.4 Å². The molecular formula is C29H27ClN2O4S. The Kier molecular flexibility index (Phi) is 8.69. The summed E-state index contributed by atoms with van der Waals surface area (Å²) in [7, 11) is 0. The van der Waals surface area contributed by atoms with E-state index in [0.29, 0.717) is 28.5 Å². The van der Waals surface area contributed by atoms with Gasteiger partial charge >= 0.3 is 0 Å². The van der Waals surface area contributed by atoms with E-state index in [1.165, 1.54) is 0 Å². The average Bonchev–Trinajstić information content (AvgIpc) is 3.17. The standard InChI is InChI=1S/C29H27ClN2O4S/c1-3-31(4-2)24-15-12-22(26(17-24)36-19-20-8-6-5-7-9-20)16-27-28(34)32(29(35)37-27)18-25(33)21-10-13-23(30)14-11-21/h5-17H,3-4,18-19H2,1-2H3/b27-16+. The molecule has 0 atom stereocenters. The summed E-state index contributed by atoms with van der Waals surface area (Å²) in [6.45, 7) is 5.89. The number of thioether (sulfide) groups is 1. The molecule has 3 aromatic carbocycles. The van der Waals surface area contributed by atoms with Gasteiger partial charge in [-0.05, 0) is 73.6 Å². The highest BCUT2D eigenvalue weighted by Crippen LogP contribution is 2.35. The molecule has 1 heterocycles. The first-order valence-corrected chi connectivity index (χ1v) is 13.2. The number of imide groups is 1. The zero-order valence-corrected chi connectivity index (χ0v) is 22.2. The first-order chi connectivity index (χ1) is 17.9. The number of ether oxygens (including phenoxy) is 1. The monoisotopic (exact) mass is 534 g/mol. The predicted molar refractivity (Wildman–Crippen MR) is 149 cm³/mol. The number of benzene rings is 3. The lowest BCUT2D eigenvalue weighted by atomic mass is 10.1. The molecule has 0 aromatic heterocycles. The third-order valence-corrected chi connectivity index (χ3v) is 7.15. The number of hydrogen-bond donors (Lipinski definition) is 0. The van der Waals surface area contributed by atoms with Gasteiger partial charge in [0.05, 0.1) is 11.4 Å². The number of ketones is 1. The van der Waals surface area contributed by atoms with Gasteiger partial charge in [0.25, 0.3) is 11.1 Å². The first kappa shape index (κ1) is 26.5. The van der Waals surface area contributed by atoms with Gasteiger partial charge in [-0.2, -0.15) is 0 Å². The molecule has 0 N–H and O–H groups in total. The summed E-state index contributed by atoms with van der Waals surface area (Å²) < 4.78 is 6.18. The minimum atomic E-state index is -0.501. The highest BCUT2D eigenvalue weighted by atomic mass is 35.5. The Bertz CT molecular complexity index is 1320. The quantitative estimate of drug-likeness (QED) is 0.213. The molecule has 0 aliphatic carbocycles. The minimum absolute atomic E-state index is 0.244. The number of amides is 2. The Morgan fingerprint density at radius 2 is 1.70 bits per heavy atom. The predicted octanol–water partition coefficient (Wildman–Crippen LogP) is 6.68. The molecule has 1 aliphatic heterocycles. The van der Waals surface area contributed by atoms with Gasteiger partial charge in [-0.3, -0.25) is 19.3 Å². The molecular weight excluding hydrogens is 508 g/mol. The maximum Gasteiger partial charge on any atom is 0.293 e. The van der Waals surface area contributed by atoms with E-state index in [-0.39, 0.29) is 17.2 Å². The molecule has 1 fully saturated rings. The van der Waals surface area contributed by atoms with Crippen LogP contribution < -0.4 is 9.64 Å². The number of carbonyl (C=O) groups excluding carboxylic acids is 3. The largest absolute Gasteiger partial charge is 0.488 e. The summed E-state index contributed by atoms with van der Waals surface area (Å²) in [6.07, 6.45) is 1.66. The van der Waals surface area contributed by atoms with Gasteiger partial charge in [-0.1, -0.05) is 41.9 Å². The van der Waals surface area contributed by atoms with E-state index in [2.05, 4.69) is 18.7 Å². The van der Waals surface area contributed by atoms with E-state index in [9.17, 15) is 14.4 Å². The minimum Gasteiger partial charge on any atom is -0.488 e. The lowest BCUT2D eigenvalue weighted by molar-refractivity contribution is -0.122. The van der Waals surface area contributed by atoms with Gasteiger partial charge in [0.2, 0.25) is 0 Å². The molecule has 0 unspecified atom stereocenters. The molecule has 0 spiro atoms. The van der Waals surface area contributed by atoms with Crippen LogP contribution in [0.3, 0.4) is 0 Å². The summed E-state index contributed by atoms with van der Waals surface area (Å²) in [4.78, 5) is 41.8. The van der Waals surface area contributed by atoms with Gasteiger partial charge in [0.15, 0.2) is 5.78 Å². The highest BCUT2D eigenvalue weighted by molar-refractivity contribution is 8.18. The van der Waals surface area contributed by atoms with Crippen molar-refractivity contribution in [2.24, 2.45) is 0 Å². The molecule has 0 bridgehead atoms. The molecule has 0 radical (unpaired) electrons. The number of rotatable bonds is 10. The van der Waals surface area contributed by atoms with Crippen LogP contribution in [-0.2, 0) is 11.4 Å². The van der Waals surface area contributed by atoms with E-state index in [0.717, 1.165) is 41.0 Å². The van der Waals surface area contributed by atoms with Crippen molar-refractivity contribution in [2.75, 3.05) is 24.5 Å². The number of carbonyl (C=O) groups is 3. The number of Topliss-reactive ketones (excluding diaryl/α,β-unsaturated/α-hetero) is 1. The zero-order valence-electron chi connectivity index (χ0n) is 20.6. The third-order valence-electron chi connectivity index (χ3n) is 5.99. The van der Waals surface area contributed by atoms with Crippen LogP contribution in [0.5, 0.6) is 5.75 Å². The number of halogens is 1. The number of anilines is 1. The smallest absolute Gasteiger partial charge is 0.293 e. The Morgan fingerprint density at radius 1 is 1.00 bits per heavy atom. The summed E-state index contributed by atoms with van der Waals surface area (Å²) in [6, 6.07) is 22.0. The van der Waals surface area contributed by atoms with Crippen molar-refractivity contribution in [1.82, 2.24) is 4.90 Å². The van der Waals surface area contributed by atoms with Crippen LogP contribution in [0.1, 0.15) is 35.3 Å². The Hall–Kier alpha value is -3.55. The Morgan fingerprint density at radius 3 is 2.38 bits per heavy atom. The molecule has 6 nitrogen and oxygen atoms in total.